The molecule has 0 saturated heterocycles. The number of fused-ring (bicyclic) bond motifs is 1. The molecule has 0 aromatic carbocycles. The minimum absolute atomic E-state index is 0.931. The van der Waals surface area contributed by atoms with Crippen LogP contribution in [0.25, 0.3) is 0 Å². The monoisotopic (exact) mass is 212 g/mol. The largest absolute Gasteiger partial charge is 0.384 e. The van der Waals surface area contributed by atoms with E-state index in [1.807, 2.05) is 6.20 Å². The number of aryl methyl sites for hydroxylation is 1. The molecular formula is C8H9BrN2. The Balaban J connectivity index is 2.43. The van der Waals surface area contributed by atoms with Gasteiger partial charge in [-0.05, 0) is 40.4 Å². The molecule has 1 aromatic heterocycles. The Labute approximate surface area is 74.2 Å². The summed E-state index contributed by atoms with van der Waals surface area (Å²) in [6.45, 7) is 1.08. The molecule has 0 radical (unpaired) electrons. The van der Waals surface area contributed by atoms with Crippen molar-refractivity contribution >= 4 is 21.6 Å². The van der Waals surface area contributed by atoms with Crippen LogP contribution in [0.15, 0.2) is 16.9 Å². The highest BCUT2D eigenvalue weighted by Gasteiger charge is 2.07. The Morgan fingerprint density at radius 1 is 1.55 bits per heavy atom. The van der Waals surface area contributed by atoms with E-state index in [2.05, 4.69) is 32.3 Å². The zero-order valence-corrected chi connectivity index (χ0v) is 7.69. The molecule has 3 heteroatoms. The summed E-state index contributed by atoms with van der Waals surface area (Å²) < 4.78 is 0.931. The van der Waals surface area contributed by atoms with Crippen LogP contribution in [-0.2, 0) is 6.42 Å². The van der Waals surface area contributed by atoms with E-state index in [9.17, 15) is 0 Å². The second-order valence-corrected chi connectivity index (χ2v) is 3.51. The molecule has 0 amide bonds. The minimum atomic E-state index is 0.931. The molecule has 1 aliphatic heterocycles. The van der Waals surface area contributed by atoms with Gasteiger partial charge in [0.1, 0.15) is 4.60 Å². The van der Waals surface area contributed by atoms with Crippen molar-refractivity contribution in [2.24, 2.45) is 0 Å². The lowest BCUT2D eigenvalue weighted by atomic mass is 10.1. The zero-order chi connectivity index (χ0) is 7.68. The summed E-state index contributed by atoms with van der Waals surface area (Å²) in [6.07, 6.45) is 4.28. The summed E-state index contributed by atoms with van der Waals surface area (Å²) in [4.78, 5) is 4.15. The summed E-state index contributed by atoms with van der Waals surface area (Å²) in [6, 6.07) is 2.08. The molecule has 2 heterocycles. The van der Waals surface area contributed by atoms with Gasteiger partial charge in [0.25, 0.3) is 0 Å². The molecule has 0 aliphatic carbocycles. The van der Waals surface area contributed by atoms with Crippen molar-refractivity contribution in [3.63, 3.8) is 0 Å². The first-order valence-electron chi connectivity index (χ1n) is 3.74. The molecule has 0 fully saturated rings. The maximum atomic E-state index is 4.15. The van der Waals surface area contributed by atoms with Crippen LogP contribution < -0.4 is 5.32 Å². The standard InChI is InChI=1S/C8H9BrN2/c9-8-4-6-2-1-3-10-7(6)5-11-8/h4-5,10H,1-3H2. The number of hydrogen-bond donors (Lipinski definition) is 1. The number of hydrogen-bond acceptors (Lipinski definition) is 2. The molecule has 11 heavy (non-hydrogen) atoms. The number of rotatable bonds is 0. The van der Waals surface area contributed by atoms with Gasteiger partial charge >= 0.3 is 0 Å². The third kappa shape index (κ3) is 1.38. The second kappa shape index (κ2) is 2.81. The molecule has 2 nitrogen and oxygen atoms in total. The maximum Gasteiger partial charge on any atom is 0.106 e. The van der Waals surface area contributed by atoms with E-state index in [4.69, 9.17) is 0 Å². The molecule has 1 aromatic rings. The van der Waals surface area contributed by atoms with Gasteiger partial charge in [0.2, 0.25) is 0 Å². The van der Waals surface area contributed by atoms with Crippen LogP contribution in [0.4, 0.5) is 5.69 Å². The predicted octanol–water partition coefficient (Wildman–Crippen LogP) is 2.20. The molecule has 0 unspecified atom stereocenters. The fourth-order valence-corrected chi connectivity index (χ4v) is 1.71. The first kappa shape index (κ1) is 7.10. The molecule has 2 rings (SSSR count). The topological polar surface area (TPSA) is 24.9 Å². The first-order valence-corrected chi connectivity index (χ1v) is 4.54. The normalized spacial score (nSPS) is 15.4. The van der Waals surface area contributed by atoms with Gasteiger partial charge in [0, 0.05) is 6.54 Å². The number of halogens is 1. The smallest absolute Gasteiger partial charge is 0.106 e. The van der Waals surface area contributed by atoms with Crippen molar-refractivity contribution in [1.82, 2.24) is 4.98 Å². The molecule has 58 valence electrons. The maximum absolute atomic E-state index is 4.15. The van der Waals surface area contributed by atoms with Gasteiger partial charge in [-0.2, -0.15) is 0 Å². The van der Waals surface area contributed by atoms with Gasteiger partial charge in [-0.15, -0.1) is 0 Å². The highest BCUT2D eigenvalue weighted by atomic mass is 79.9. The lowest BCUT2D eigenvalue weighted by molar-refractivity contribution is 0.825. The fraction of sp³-hybridized carbons (Fsp3) is 0.375. The van der Waals surface area contributed by atoms with Crippen molar-refractivity contribution in [2.45, 2.75) is 12.8 Å². The summed E-state index contributed by atoms with van der Waals surface area (Å²) in [5.41, 5.74) is 2.57. The SMILES string of the molecule is Brc1cc2c(cn1)NCCC2. The van der Waals surface area contributed by atoms with Crippen LogP contribution in [0.3, 0.4) is 0 Å². The Kier molecular flexibility index (Phi) is 1.82. The van der Waals surface area contributed by atoms with Crippen LogP contribution in [0.2, 0.25) is 0 Å². The van der Waals surface area contributed by atoms with E-state index >= 15 is 0 Å². The average Bonchev–Trinajstić information content (AvgIpc) is 2.04. The van der Waals surface area contributed by atoms with E-state index in [0.717, 1.165) is 11.1 Å². The van der Waals surface area contributed by atoms with Crippen LogP contribution in [0.1, 0.15) is 12.0 Å². The molecule has 0 bridgehead atoms. The summed E-state index contributed by atoms with van der Waals surface area (Å²) >= 11 is 3.35. The first-order chi connectivity index (χ1) is 5.36. The summed E-state index contributed by atoms with van der Waals surface area (Å²) in [5.74, 6) is 0. The molecule has 0 spiro atoms. The summed E-state index contributed by atoms with van der Waals surface area (Å²) in [5, 5.41) is 3.31. The van der Waals surface area contributed by atoms with Crippen LogP contribution in [0, 0.1) is 0 Å². The lowest BCUT2D eigenvalue weighted by Crippen LogP contribution is -2.11. The number of nitrogens with one attached hydrogen (secondary N) is 1. The van der Waals surface area contributed by atoms with Crippen molar-refractivity contribution in [3.05, 3.63) is 22.4 Å². The van der Waals surface area contributed by atoms with Crippen LogP contribution in [0.5, 0.6) is 0 Å². The fourth-order valence-electron chi connectivity index (χ4n) is 1.34. The second-order valence-electron chi connectivity index (χ2n) is 2.69. The minimum Gasteiger partial charge on any atom is -0.384 e. The van der Waals surface area contributed by atoms with Crippen molar-refractivity contribution in [3.8, 4) is 0 Å². The van der Waals surface area contributed by atoms with Crippen molar-refractivity contribution in [1.29, 1.82) is 0 Å². The highest BCUT2D eigenvalue weighted by Crippen LogP contribution is 2.22. The van der Waals surface area contributed by atoms with Crippen molar-refractivity contribution < 1.29 is 0 Å². The van der Waals surface area contributed by atoms with Gasteiger partial charge in [-0.1, -0.05) is 0 Å². The number of aromatic nitrogens is 1. The predicted molar refractivity (Wildman–Crippen MR) is 48.7 cm³/mol. The van der Waals surface area contributed by atoms with Gasteiger partial charge < -0.3 is 5.32 Å². The lowest BCUT2D eigenvalue weighted by Gasteiger charge is -2.16. The van der Waals surface area contributed by atoms with Gasteiger partial charge in [-0.25, -0.2) is 4.98 Å². The van der Waals surface area contributed by atoms with Gasteiger partial charge in [0.15, 0.2) is 0 Å². The van der Waals surface area contributed by atoms with E-state index in [1.54, 1.807) is 0 Å². The Bertz CT molecular complexity index is 273. The number of pyridine rings is 1. The average molecular weight is 213 g/mol. The van der Waals surface area contributed by atoms with Crippen LogP contribution >= 0.6 is 15.9 Å². The molecule has 0 atom stereocenters. The Morgan fingerprint density at radius 2 is 2.45 bits per heavy atom. The van der Waals surface area contributed by atoms with E-state index < -0.39 is 0 Å². The van der Waals surface area contributed by atoms with Crippen molar-refractivity contribution in [2.75, 3.05) is 11.9 Å². The van der Waals surface area contributed by atoms with Crippen LogP contribution in [-0.4, -0.2) is 11.5 Å². The zero-order valence-electron chi connectivity index (χ0n) is 6.10. The van der Waals surface area contributed by atoms with Gasteiger partial charge in [0.05, 0.1) is 11.9 Å². The summed E-state index contributed by atoms with van der Waals surface area (Å²) in [7, 11) is 0. The third-order valence-electron chi connectivity index (χ3n) is 1.89. The number of nitrogens with zero attached hydrogens (tertiary/aromatic N) is 1. The molecule has 0 saturated carbocycles. The molecule has 1 N–H and O–H groups in total. The number of anilines is 1. The Hall–Kier alpha value is -0.570. The van der Waals surface area contributed by atoms with Gasteiger partial charge in [-0.3, -0.25) is 0 Å². The van der Waals surface area contributed by atoms with E-state index in [-0.39, 0.29) is 0 Å². The highest BCUT2D eigenvalue weighted by molar-refractivity contribution is 9.10. The molecule has 1 aliphatic rings. The molecular weight excluding hydrogens is 204 g/mol. The van der Waals surface area contributed by atoms with E-state index in [0.29, 0.717) is 0 Å². The Morgan fingerprint density at radius 3 is 3.36 bits per heavy atom. The van der Waals surface area contributed by atoms with E-state index in [1.165, 1.54) is 24.1 Å². The quantitative estimate of drug-likeness (QED) is 0.668. The third-order valence-corrected chi connectivity index (χ3v) is 2.33.